The minimum atomic E-state index is -1.06. The van der Waals surface area contributed by atoms with Crippen molar-refractivity contribution < 1.29 is 19.8 Å². The highest BCUT2D eigenvalue weighted by Gasteiger charge is 2.44. The van der Waals surface area contributed by atoms with E-state index in [-0.39, 0.29) is 18.7 Å². The third kappa shape index (κ3) is 4.18. The zero-order chi connectivity index (χ0) is 14.8. The fourth-order valence-corrected chi connectivity index (χ4v) is 2.43. The van der Waals surface area contributed by atoms with E-state index in [2.05, 4.69) is 5.32 Å². The SMILES string of the molecule is CC(C)CN1C(=O)C(CC(O)CC(=O)O)NC1(C)C. The van der Waals surface area contributed by atoms with E-state index in [0.717, 1.165) is 0 Å². The first kappa shape index (κ1) is 15.9. The lowest BCUT2D eigenvalue weighted by Crippen LogP contribution is -2.48. The number of nitrogens with zero attached hydrogens (tertiary/aromatic N) is 1. The molecule has 0 bridgehead atoms. The van der Waals surface area contributed by atoms with Crippen LogP contribution in [0.15, 0.2) is 0 Å². The number of rotatable bonds is 6. The summed E-state index contributed by atoms with van der Waals surface area (Å²) in [5, 5.41) is 21.4. The number of carboxylic acid groups (broad SMARTS) is 1. The average Bonchev–Trinajstić information content (AvgIpc) is 2.39. The summed E-state index contributed by atoms with van der Waals surface area (Å²) in [4.78, 5) is 24.6. The van der Waals surface area contributed by atoms with Gasteiger partial charge in [-0.25, -0.2) is 0 Å². The molecule has 1 aliphatic heterocycles. The fraction of sp³-hybridized carbons (Fsp3) is 0.846. The molecule has 0 aliphatic carbocycles. The standard InChI is InChI=1S/C13H24N2O4/c1-8(2)7-15-12(19)10(14-13(15,3)4)5-9(16)6-11(17)18/h8-10,14,16H,5-7H2,1-4H3,(H,17,18). The van der Waals surface area contributed by atoms with E-state index in [1.807, 2.05) is 27.7 Å². The van der Waals surface area contributed by atoms with E-state index in [1.54, 1.807) is 4.90 Å². The van der Waals surface area contributed by atoms with Crippen molar-refractivity contribution in [3.63, 3.8) is 0 Å². The monoisotopic (exact) mass is 272 g/mol. The van der Waals surface area contributed by atoms with Gasteiger partial charge in [-0.3, -0.25) is 14.9 Å². The first-order valence-electron chi connectivity index (χ1n) is 6.62. The molecule has 0 aromatic rings. The predicted molar refractivity (Wildman–Crippen MR) is 70.4 cm³/mol. The topological polar surface area (TPSA) is 89.9 Å². The molecule has 1 rings (SSSR count). The second-order valence-electron chi connectivity index (χ2n) is 6.09. The molecule has 1 saturated heterocycles. The van der Waals surface area contributed by atoms with Crippen LogP contribution in [0.2, 0.25) is 0 Å². The number of carbonyl (C=O) groups excluding carboxylic acids is 1. The van der Waals surface area contributed by atoms with Gasteiger partial charge >= 0.3 is 5.97 Å². The van der Waals surface area contributed by atoms with Crippen molar-refractivity contribution in [3.8, 4) is 0 Å². The first-order chi connectivity index (χ1) is 8.63. The van der Waals surface area contributed by atoms with Crippen LogP contribution < -0.4 is 5.32 Å². The number of carboxylic acids is 1. The van der Waals surface area contributed by atoms with E-state index in [4.69, 9.17) is 5.11 Å². The van der Waals surface area contributed by atoms with Crippen LogP contribution in [0.4, 0.5) is 0 Å². The van der Waals surface area contributed by atoms with Crippen molar-refractivity contribution in [3.05, 3.63) is 0 Å². The van der Waals surface area contributed by atoms with Gasteiger partial charge in [0.1, 0.15) is 0 Å². The molecule has 6 heteroatoms. The van der Waals surface area contributed by atoms with E-state index < -0.39 is 23.8 Å². The van der Waals surface area contributed by atoms with Gasteiger partial charge in [0.05, 0.1) is 24.2 Å². The third-order valence-corrected chi connectivity index (χ3v) is 3.23. The highest BCUT2D eigenvalue weighted by atomic mass is 16.4. The van der Waals surface area contributed by atoms with Gasteiger partial charge in [0.25, 0.3) is 0 Å². The molecule has 0 aromatic carbocycles. The molecule has 1 amide bonds. The number of aliphatic hydroxyl groups is 1. The molecular formula is C13H24N2O4. The average molecular weight is 272 g/mol. The molecule has 110 valence electrons. The summed E-state index contributed by atoms with van der Waals surface area (Å²) < 4.78 is 0. The minimum Gasteiger partial charge on any atom is -0.481 e. The summed E-state index contributed by atoms with van der Waals surface area (Å²) in [5.41, 5.74) is -0.463. The zero-order valence-corrected chi connectivity index (χ0v) is 12.0. The lowest BCUT2D eigenvalue weighted by atomic mass is 10.1. The van der Waals surface area contributed by atoms with Gasteiger partial charge in [0.15, 0.2) is 0 Å². The summed E-state index contributed by atoms with van der Waals surface area (Å²) in [6.45, 7) is 8.55. The van der Waals surface area contributed by atoms with Crippen LogP contribution in [-0.4, -0.2) is 51.3 Å². The molecule has 3 N–H and O–H groups in total. The molecule has 1 fully saturated rings. The van der Waals surface area contributed by atoms with E-state index in [9.17, 15) is 14.7 Å². The summed E-state index contributed by atoms with van der Waals surface area (Å²) >= 11 is 0. The normalized spacial score (nSPS) is 24.0. The molecule has 0 spiro atoms. The van der Waals surface area contributed by atoms with Crippen LogP contribution >= 0.6 is 0 Å². The van der Waals surface area contributed by atoms with Gasteiger partial charge in [-0.05, 0) is 26.2 Å². The number of nitrogens with one attached hydrogen (secondary N) is 1. The Morgan fingerprint density at radius 3 is 2.53 bits per heavy atom. The lowest BCUT2D eigenvalue weighted by molar-refractivity contribution is -0.140. The number of hydrogen-bond donors (Lipinski definition) is 3. The highest BCUT2D eigenvalue weighted by molar-refractivity contribution is 5.85. The van der Waals surface area contributed by atoms with Crippen molar-refractivity contribution in [2.45, 2.75) is 58.3 Å². The van der Waals surface area contributed by atoms with Gasteiger partial charge in [0.2, 0.25) is 5.91 Å². The highest BCUT2D eigenvalue weighted by Crippen LogP contribution is 2.24. The van der Waals surface area contributed by atoms with Crippen molar-refractivity contribution in [2.24, 2.45) is 5.92 Å². The number of amides is 1. The Kier molecular flexibility index (Phi) is 4.92. The summed E-state index contributed by atoms with van der Waals surface area (Å²) in [7, 11) is 0. The van der Waals surface area contributed by atoms with Crippen LogP contribution in [0.1, 0.15) is 40.5 Å². The minimum absolute atomic E-state index is 0.0665. The number of aliphatic hydroxyl groups excluding tert-OH is 1. The Morgan fingerprint density at radius 1 is 1.47 bits per heavy atom. The van der Waals surface area contributed by atoms with Gasteiger partial charge in [-0.15, -0.1) is 0 Å². The second-order valence-corrected chi connectivity index (χ2v) is 6.09. The third-order valence-electron chi connectivity index (χ3n) is 3.23. The maximum atomic E-state index is 12.3. The van der Waals surface area contributed by atoms with Crippen LogP contribution in [0.3, 0.4) is 0 Å². The van der Waals surface area contributed by atoms with Crippen molar-refractivity contribution in [1.29, 1.82) is 0 Å². The number of hydrogen-bond acceptors (Lipinski definition) is 4. The summed E-state index contributed by atoms with van der Waals surface area (Å²) in [6.07, 6.45) is -1.21. The molecule has 1 aliphatic rings. The molecule has 0 aromatic heterocycles. The molecule has 2 unspecified atom stereocenters. The number of aliphatic carboxylic acids is 1. The van der Waals surface area contributed by atoms with Crippen LogP contribution in [-0.2, 0) is 9.59 Å². The smallest absolute Gasteiger partial charge is 0.305 e. The van der Waals surface area contributed by atoms with Crippen LogP contribution in [0, 0.1) is 5.92 Å². The van der Waals surface area contributed by atoms with Crippen molar-refractivity contribution in [2.75, 3.05) is 6.54 Å². The van der Waals surface area contributed by atoms with Crippen molar-refractivity contribution in [1.82, 2.24) is 10.2 Å². The molecule has 19 heavy (non-hydrogen) atoms. The summed E-state index contributed by atoms with van der Waals surface area (Å²) in [6, 6.07) is -0.511. The second kappa shape index (κ2) is 5.88. The molecule has 6 nitrogen and oxygen atoms in total. The lowest BCUT2D eigenvalue weighted by Gasteiger charge is -2.32. The van der Waals surface area contributed by atoms with E-state index in [1.165, 1.54) is 0 Å². The quantitative estimate of drug-likeness (QED) is 0.651. The van der Waals surface area contributed by atoms with Crippen LogP contribution in [0.25, 0.3) is 0 Å². The maximum absolute atomic E-state index is 12.3. The van der Waals surface area contributed by atoms with Gasteiger partial charge < -0.3 is 15.1 Å². The molecule has 2 atom stereocenters. The fourth-order valence-electron chi connectivity index (χ4n) is 2.43. The van der Waals surface area contributed by atoms with E-state index >= 15 is 0 Å². The van der Waals surface area contributed by atoms with Gasteiger partial charge in [-0.1, -0.05) is 13.8 Å². The Morgan fingerprint density at radius 2 is 2.05 bits per heavy atom. The van der Waals surface area contributed by atoms with Crippen LogP contribution in [0.5, 0.6) is 0 Å². The number of carbonyl (C=O) groups is 2. The molecule has 0 saturated carbocycles. The van der Waals surface area contributed by atoms with Gasteiger partial charge in [0, 0.05) is 6.54 Å². The first-order valence-corrected chi connectivity index (χ1v) is 6.62. The molecular weight excluding hydrogens is 248 g/mol. The predicted octanol–water partition coefficient (Wildman–Crippen LogP) is 0.405. The Hall–Kier alpha value is -1.14. The van der Waals surface area contributed by atoms with E-state index in [0.29, 0.717) is 12.5 Å². The Balaban J connectivity index is 2.68. The largest absolute Gasteiger partial charge is 0.481 e. The Labute approximate surface area is 113 Å². The Bertz CT molecular complexity index is 355. The van der Waals surface area contributed by atoms with Crippen molar-refractivity contribution >= 4 is 11.9 Å². The van der Waals surface area contributed by atoms with Gasteiger partial charge in [-0.2, -0.15) is 0 Å². The molecule has 1 heterocycles. The maximum Gasteiger partial charge on any atom is 0.305 e. The molecule has 0 radical (unpaired) electrons. The zero-order valence-electron chi connectivity index (χ0n) is 12.0. The summed E-state index contributed by atoms with van der Waals surface area (Å²) in [5.74, 6) is -0.771.